The Balaban J connectivity index is 2.39. The lowest BCUT2D eigenvalue weighted by molar-refractivity contribution is -0.137. The zero-order valence-corrected chi connectivity index (χ0v) is 11.4. The number of aromatic carboxylic acids is 1. The number of thioether (sulfide) groups is 1. The Bertz CT molecular complexity index is 497. The van der Waals surface area contributed by atoms with Gasteiger partial charge in [-0.25, -0.2) is 4.79 Å². The minimum atomic E-state index is -4.53. The SMILES string of the molecule is O=C(O)c1cc(C(F)(F)F)ccc1N1CCCSCC1. The molecule has 0 saturated carbocycles. The van der Waals surface area contributed by atoms with Crippen LogP contribution in [0.1, 0.15) is 22.3 Å². The van der Waals surface area contributed by atoms with Crippen LogP contribution in [0.2, 0.25) is 0 Å². The van der Waals surface area contributed by atoms with Crippen molar-refractivity contribution in [3.8, 4) is 0 Å². The van der Waals surface area contributed by atoms with Crippen LogP contribution in [0.25, 0.3) is 0 Å². The van der Waals surface area contributed by atoms with Gasteiger partial charge in [-0.15, -0.1) is 0 Å². The van der Waals surface area contributed by atoms with Crippen LogP contribution in [0.4, 0.5) is 18.9 Å². The van der Waals surface area contributed by atoms with Crippen molar-refractivity contribution in [2.75, 3.05) is 29.5 Å². The molecule has 3 nitrogen and oxygen atoms in total. The van der Waals surface area contributed by atoms with E-state index >= 15 is 0 Å². The van der Waals surface area contributed by atoms with Gasteiger partial charge in [0.2, 0.25) is 0 Å². The number of rotatable bonds is 2. The summed E-state index contributed by atoms with van der Waals surface area (Å²) in [6.07, 6.45) is -3.64. The fourth-order valence-corrected chi connectivity index (χ4v) is 3.03. The number of carboxylic acids is 1. The van der Waals surface area contributed by atoms with E-state index in [1.54, 1.807) is 11.8 Å². The molecule has 2 rings (SSSR count). The van der Waals surface area contributed by atoms with Crippen molar-refractivity contribution in [1.82, 2.24) is 0 Å². The van der Waals surface area contributed by atoms with Gasteiger partial charge in [-0.05, 0) is 30.4 Å². The van der Waals surface area contributed by atoms with E-state index in [1.807, 2.05) is 4.90 Å². The molecule has 0 unspecified atom stereocenters. The molecule has 1 N–H and O–H groups in total. The molecular formula is C13H14F3NO2S. The molecule has 1 aliphatic rings. The third kappa shape index (κ3) is 3.39. The molecular weight excluding hydrogens is 291 g/mol. The van der Waals surface area contributed by atoms with Crippen LogP contribution < -0.4 is 4.90 Å². The summed E-state index contributed by atoms with van der Waals surface area (Å²) in [5.74, 6) is 0.502. The number of carbonyl (C=O) groups is 1. The lowest BCUT2D eigenvalue weighted by atomic mass is 10.1. The van der Waals surface area contributed by atoms with Crippen molar-refractivity contribution in [1.29, 1.82) is 0 Å². The Kier molecular flexibility index (Phi) is 4.47. The molecule has 1 aromatic carbocycles. The van der Waals surface area contributed by atoms with Crippen molar-refractivity contribution < 1.29 is 23.1 Å². The molecule has 0 bridgehead atoms. The van der Waals surface area contributed by atoms with Crippen LogP contribution >= 0.6 is 11.8 Å². The minimum Gasteiger partial charge on any atom is -0.478 e. The number of hydrogen-bond donors (Lipinski definition) is 1. The van der Waals surface area contributed by atoms with Crippen molar-refractivity contribution in [3.63, 3.8) is 0 Å². The van der Waals surface area contributed by atoms with E-state index < -0.39 is 17.7 Å². The number of nitrogens with zero attached hydrogens (tertiary/aromatic N) is 1. The summed E-state index contributed by atoms with van der Waals surface area (Å²) in [6.45, 7) is 1.31. The first-order valence-electron chi connectivity index (χ1n) is 6.17. The molecule has 0 atom stereocenters. The molecule has 0 aromatic heterocycles. The summed E-state index contributed by atoms with van der Waals surface area (Å²) in [6, 6.07) is 2.93. The van der Waals surface area contributed by atoms with Gasteiger partial charge in [-0.1, -0.05) is 0 Å². The molecule has 7 heteroatoms. The number of benzene rings is 1. The van der Waals surface area contributed by atoms with Gasteiger partial charge in [-0.3, -0.25) is 0 Å². The smallest absolute Gasteiger partial charge is 0.416 e. The summed E-state index contributed by atoms with van der Waals surface area (Å²) < 4.78 is 38.0. The van der Waals surface area contributed by atoms with Crippen LogP contribution in [0.5, 0.6) is 0 Å². The van der Waals surface area contributed by atoms with Crippen LogP contribution in [-0.4, -0.2) is 35.7 Å². The first-order valence-corrected chi connectivity index (χ1v) is 7.32. The highest BCUT2D eigenvalue weighted by Crippen LogP contribution is 2.33. The fraction of sp³-hybridized carbons (Fsp3) is 0.462. The van der Waals surface area contributed by atoms with E-state index in [0.717, 1.165) is 30.1 Å². The highest BCUT2D eigenvalue weighted by atomic mass is 32.2. The first-order chi connectivity index (χ1) is 9.39. The number of anilines is 1. The highest BCUT2D eigenvalue weighted by molar-refractivity contribution is 7.99. The predicted octanol–water partition coefficient (Wildman–Crippen LogP) is 3.35. The number of hydrogen-bond acceptors (Lipinski definition) is 3. The summed E-state index contributed by atoms with van der Waals surface area (Å²) in [5, 5.41) is 9.16. The van der Waals surface area contributed by atoms with Crippen LogP contribution in [-0.2, 0) is 6.18 Å². The number of alkyl halides is 3. The summed E-state index contributed by atoms with van der Waals surface area (Å²) >= 11 is 1.77. The summed E-state index contributed by atoms with van der Waals surface area (Å²) in [4.78, 5) is 13.1. The molecule has 0 amide bonds. The van der Waals surface area contributed by atoms with E-state index in [1.165, 1.54) is 6.07 Å². The monoisotopic (exact) mass is 305 g/mol. The third-order valence-electron chi connectivity index (χ3n) is 3.12. The van der Waals surface area contributed by atoms with E-state index in [4.69, 9.17) is 5.11 Å². The Morgan fingerprint density at radius 2 is 2.00 bits per heavy atom. The van der Waals surface area contributed by atoms with Gasteiger partial charge in [0, 0.05) is 18.8 Å². The topological polar surface area (TPSA) is 40.5 Å². The molecule has 1 aliphatic heterocycles. The summed E-state index contributed by atoms with van der Waals surface area (Å²) in [7, 11) is 0. The number of carboxylic acid groups (broad SMARTS) is 1. The molecule has 1 fully saturated rings. The van der Waals surface area contributed by atoms with Gasteiger partial charge in [0.15, 0.2) is 0 Å². The van der Waals surface area contributed by atoms with E-state index in [0.29, 0.717) is 18.8 Å². The Hall–Kier alpha value is -1.37. The van der Waals surface area contributed by atoms with Gasteiger partial charge in [0.1, 0.15) is 0 Å². The van der Waals surface area contributed by atoms with Crippen LogP contribution in [0, 0.1) is 0 Å². The zero-order chi connectivity index (χ0) is 14.8. The van der Waals surface area contributed by atoms with Gasteiger partial charge < -0.3 is 10.0 Å². The average Bonchev–Trinajstić information content (AvgIpc) is 2.65. The molecule has 0 aliphatic carbocycles. The van der Waals surface area contributed by atoms with Gasteiger partial charge in [0.05, 0.1) is 16.8 Å². The van der Waals surface area contributed by atoms with E-state index in [-0.39, 0.29) is 5.56 Å². The van der Waals surface area contributed by atoms with E-state index in [9.17, 15) is 18.0 Å². The van der Waals surface area contributed by atoms with Crippen molar-refractivity contribution >= 4 is 23.4 Å². The summed E-state index contributed by atoms with van der Waals surface area (Å²) in [5.41, 5.74) is -0.845. The Labute approximate surface area is 118 Å². The largest absolute Gasteiger partial charge is 0.478 e. The maximum atomic E-state index is 12.7. The van der Waals surface area contributed by atoms with Gasteiger partial charge in [0.25, 0.3) is 0 Å². The normalized spacial score (nSPS) is 16.9. The molecule has 1 saturated heterocycles. The van der Waals surface area contributed by atoms with Crippen LogP contribution in [0.3, 0.4) is 0 Å². The first kappa shape index (κ1) is 15.0. The third-order valence-corrected chi connectivity index (χ3v) is 4.17. The maximum absolute atomic E-state index is 12.7. The number of halogens is 3. The molecule has 1 heterocycles. The van der Waals surface area contributed by atoms with Crippen molar-refractivity contribution in [2.24, 2.45) is 0 Å². The molecule has 0 spiro atoms. The van der Waals surface area contributed by atoms with Gasteiger partial charge in [-0.2, -0.15) is 24.9 Å². The second-order valence-electron chi connectivity index (χ2n) is 4.49. The van der Waals surface area contributed by atoms with Crippen LogP contribution in [0.15, 0.2) is 18.2 Å². The molecule has 110 valence electrons. The maximum Gasteiger partial charge on any atom is 0.416 e. The predicted molar refractivity (Wildman–Crippen MR) is 72.6 cm³/mol. The lowest BCUT2D eigenvalue weighted by Crippen LogP contribution is -2.27. The molecule has 0 radical (unpaired) electrons. The Morgan fingerprint density at radius 3 is 2.65 bits per heavy atom. The molecule has 1 aromatic rings. The highest BCUT2D eigenvalue weighted by Gasteiger charge is 2.32. The standard InChI is InChI=1S/C13H14F3NO2S/c14-13(15,16)9-2-3-11(10(8-9)12(18)19)17-4-1-6-20-7-5-17/h2-3,8H,1,4-7H2,(H,18,19). The zero-order valence-electron chi connectivity index (χ0n) is 10.6. The van der Waals surface area contributed by atoms with Crippen molar-refractivity contribution in [3.05, 3.63) is 29.3 Å². The fourth-order valence-electron chi connectivity index (χ4n) is 2.15. The van der Waals surface area contributed by atoms with E-state index in [2.05, 4.69) is 0 Å². The second-order valence-corrected chi connectivity index (χ2v) is 5.71. The lowest BCUT2D eigenvalue weighted by Gasteiger charge is -2.24. The quantitative estimate of drug-likeness (QED) is 0.909. The molecule has 20 heavy (non-hydrogen) atoms. The van der Waals surface area contributed by atoms with Crippen molar-refractivity contribution in [2.45, 2.75) is 12.6 Å². The minimum absolute atomic E-state index is 0.285. The average molecular weight is 305 g/mol. The van der Waals surface area contributed by atoms with Gasteiger partial charge >= 0.3 is 12.1 Å². The Morgan fingerprint density at radius 1 is 1.25 bits per heavy atom. The second kappa shape index (κ2) is 5.95.